The van der Waals surface area contributed by atoms with Gasteiger partial charge in [0.15, 0.2) is 0 Å². The zero-order valence-corrected chi connectivity index (χ0v) is 14.8. The van der Waals surface area contributed by atoms with Crippen LogP contribution in [0.5, 0.6) is 5.75 Å². The molecule has 0 aromatic heterocycles. The summed E-state index contributed by atoms with van der Waals surface area (Å²) in [6.45, 7) is 3.02. The van der Waals surface area contributed by atoms with Crippen molar-refractivity contribution in [2.24, 2.45) is 0 Å². The Morgan fingerprint density at radius 1 is 1.17 bits per heavy atom. The summed E-state index contributed by atoms with van der Waals surface area (Å²) < 4.78 is 12.0. The maximum absolute atomic E-state index is 6.20. The number of halogens is 2. The molecular formula is C19H19Cl2NO2. The van der Waals surface area contributed by atoms with Crippen molar-refractivity contribution in [2.45, 2.75) is 25.0 Å². The average molecular weight is 364 g/mol. The molecule has 1 heterocycles. The van der Waals surface area contributed by atoms with Crippen molar-refractivity contribution in [2.75, 3.05) is 19.7 Å². The van der Waals surface area contributed by atoms with E-state index in [1.807, 2.05) is 18.2 Å². The summed E-state index contributed by atoms with van der Waals surface area (Å²) >= 11 is 12.1. The first-order chi connectivity index (χ1) is 11.7. The minimum Gasteiger partial charge on any atom is -0.489 e. The molecule has 1 aliphatic heterocycles. The number of hydrogen-bond donors (Lipinski definition) is 1. The highest BCUT2D eigenvalue weighted by Gasteiger charge is 2.41. The molecule has 0 bridgehead atoms. The molecule has 2 aliphatic rings. The van der Waals surface area contributed by atoms with Crippen LogP contribution in [-0.2, 0) is 23.4 Å². The van der Waals surface area contributed by atoms with E-state index in [4.69, 9.17) is 32.7 Å². The van der Waals surface area contributed by atoms with E-state index in [0.717, 1.165) is 43.9 Å². The number of fused-ring (bicyclic) bond motifs is 2. The molecule has 3 nitrogen and oxygen atoms in total. The number of morpholine rings is 1. The Bertz CT molecular complexity index is 757. The molecule has 1 atom stereocenters. The van der Waals surface area contributed by atoms with Crippen LogP contribution in [0.4, 0.5) is 0 Å². The van der Waals surface area contributed by atoms with Crippen molar-refractivity contribution in [1.29, 1.82) is 0 Å². The molecule has 1 saturated heterocycles. The molecule has 2 aromatic rings. The number of rotatable bonds is 3. The number of benzene rings is 2. The Kier molecular flexibility index (Phi) is 4.44. The predicted octanol–water partition coefficient (Wildman–Crippen LogP) is 4.33. The Morgan fingerprint density at radius 3 is 2.88 bits per heavy atom. The Balaban J connectivity index is 1.50. The van der Waals surface area contributed by atoms with E-state index in [0.29, 0.717) is 16.7 Å². The van der Waals surface area contributed by atoms with Gasteiger partial charge < -0.3 is 14.8 Å². The van der Waals surface area contributed by atoms with Gasteiger partial charge in [0, 0.05) is 28.7 Å². The number of hydrogen-bond acceptors (Lipinski definition) is 3. The van der Waals surface area contributed by atoms with Crippen molar-refractivity contribution in [3.8, 4) is 5.75 Å². The molecule has 5 heteroatoms. The molecule has 1 fully saturated rings. The lowest BCUT2D eigenvalue weighted by Gasteiger charge is -2.35. The molecule has 1 aliphatic carbocycles. The zero-order chi connectivity index (χ0) is 16.6. The Labute approximate surface area is 151 Å². The molecule has 1 unspecified atom stereocenters. The normalized spacial score (nSPS) is 22.6. The smallest absolute Gasteiger partial charge is 0.120 e. The number of ether oxygens (including phenoxy) is 2. The van der Waals surface area contributed by atoms with Crippen molar-refractivity contribution in [3.63, 3.8) is 0 Å². The quantitative estimate of drug-likeness (QED) is 0.879. The predicted molar refractivity (Wildman–Crippen MR) is 96.1 cm³/mol. The van der Waals surface area contributed by atoms with E-state index in [-0.39, 0.29) is 5.60 Å². The van der Waals surface area contributed by atoms with Gasteiger partial charge in [0.1, 0.15) is 18.0 Å². The van der Waals surface area contributed by atoms with Crippen LogP contribution in [-0.4, -0.2) is 19.7 Å². The van der Waals surface area contributed by atoms with Gasteiger partial charge >= 0.3 is 0 Å². The van der Waals surface area contributed by atoms with Gasteiger partial charge in [-0.05, 0) is 48.2 Å². The molecule has 0 saturated carbocycles. The highest BCUT2D eigenvalue weighted by atomic mass is 35.5. The third-order valence-corrected chi connectivity index (χ3v) is 5.43. The van der Waals surface area contributed by atoms with Crippen LogP contribution in [0.1, 0.15) is 23.1 Å². The summed E-state index contributed by atoms with van der Waals surface area (Å²) in [5.41, 5.74) is 3.40. The molecule has 0 radical (unpaired) electrons. The van der Waals surface area contributed by atoms with Crippen molar-refractivity contribution in [1.82, 2.24) is 5.32 Å². The van der Waals surface area contributed by atoms with Crippen LogP contribution in [0.25, 0.3) is 0 Å². The first-order valence-corrected chi connectivity index (χ1v) is 8.97. The molecule has 4 rings (SSSR count). The first-order valence-electron chi connectivity index (χ1n) is 8.21. The standard InChI is InChI=1S/C19H19Cl2NO2/c20-15-2-1-14(18(21)10-15)11-23-16-3-4-17-13(9-16)5-6-19(17)12-22-7-8-24-19/h1-4,9-10,22H,5-8,11-12H2. The summed E-state index contributed by atoms with van der Waals surface area (Å²) in [7, 11) is 0. The Hall–Kier alpha value is -1.26. The van der Waals surface area contributed by atoms with Gasteiger partial charge in [0.2, 0.25) is 0 Å². The zero-order valence-electron chi connectivity index (χ0n) is 13.3. The molecule has 0 amide bonds. The Morgan fingerprint density at radius 2 is 2.08 bits per heavy atom. The maximum atomic E-state index is 6.20. The fourth-order valence-electron chi connectivity index (χ4n) is 3.58. The summed E-state index contributed by atoms with van der Waals surface area (Å²) in [5.74, 6) is 0.862. The van der Waals surface area contributed by atoms with E-state index in [1.165, 1.54) is 11.1 Å². The van der Waals surface area contributed by atoms with E-state index in [1.54, 1.807) is 6.07 Å². The highest BCUT2D eigenvalue weighted by molar-refractivity contribution is 6.35. The van der Waals surface area contributed by atoms with Crippen LogP contribution in [0, 0.1) is 0 Å². The lowest BCUT2D eigenvalue weighted by atomic mass is 9.94. The van der Waals surface area contributed by atoms with Gasteiger partial charge in [-0.3, -0.25) is 0 Å². The van der Waals surface area contributed by atoms with Gasteiger partial charge in [-0.1, -0.05) is 35.3 Å². The molecule has 1 spiro atoms. The molecule has 2 aromatic carbocycles. The SMILES string of the molecule is Clc1ccc(COc2ccc3c(c2)CCC32CNCCO2)c(Cl)c1. The van der Waals surface area contributed by atoms with Crippen LogP contribution >= 0.6 is 23.2 Å². The van der Waals surface area contributed by atoms with Gasteiger partial charge in [-0.25, -0.2) is 0 Å². The summed E-state index contributed by atoms with van der Waals surface area (Å²) in [5, 5.41) is 4.71. The lowest BCUT2D eigenvalue weighted by molar-refractivity contribution is -0.0695. The fourth-order valence-corrected chi connectivity index (χ4v) is 4.04. The fraction of sp³-hybridized carbons (Fsp3) is 0.368. The second-order valence-electron chi connectivity index (χ2n) is 6.36. The van der Waals surface area contributed by atoms with Gasteiger partial charge in [-0.15, -0.1) is 0 Å². The van der Waals surface area contributed by atoms with Gasteiger partial charge in [-0.2, -0.15) is 0 Å². The molecule has 24 heavy (non-hydrogen) atoms. The lowest BCUT2D eigenvalue weighted by Crippen LogP contribution is -2.46. The van der Waals surface area contributed by atoms with Crippen molar-refractivity contribution in [3.05, 3.63) is 63.1 Å². The summed E-state index contributed by atoms with van der Waals surface area (Å²) in [6.07, 6.45) is 2.05. The number of nitrogens with one attached hydrogen (secondary N) is 1. The monoisotopic (exact) mass is 363 g/mol. The molecule has 126 valence electrons. The minimum absolute atomic E-state index is 0.147. The molecular weight excluding hydrogens is 345 g/mol. The van der Waals surface area contributed by atoms with Gasteiger partial charge in [0.25, 0.3) is 0 Å². The first kappa shape index (κ1) is 16.2. The van der Waals surface area contributed by atoms with E-state index < -0.39 is 0 Å². The molecule has 1 N–H and O–H groups in total. The second kappa shape index (κ2) is 6.57. The summed E-state index contributed by atoms with van der Waals surface area (Å²) in [6, 6.07) is 11.8. The van der Waals surface area contributed by atoms with E-state index in [9.17, 15) is 0 Å². The van der Waals surface area contributed by atoms with Crippen molar-refractivity contribution >= 4 is 23.2 Å². The van der Waals surface area contributed by atoms with Crippen LogP contribution < -0.4 is 10.1 Å². The second-order valence-corrected chi connectivity index (χ2v) is 7.21. The van der Waals surface area contributed by atoms with Crippen LogP contribution in [0.3, 0.4) is 0 Å². The maximum Gasteiger partial charge on any atom is 0.120 e. The van der Waals surface area contributed by atoms with Crippen molar-refractivity contribution < 1.29 is 9.47 Å². The van der Waals surface area contributed by atoms with Crippen LogP contribution in [0.15, 0.2) is 36.4 Å². The average Bonchev–Trinajstić information content (AvgIpc) is 2.92. The van der Waals surface area contributed by atoms with E-state index >= 15 is 0 Å². The third kappa shape index (κ3) is 3.02. The minimum atomic E-state index is -0.147. The topological polar surface area (TPSA) is 30.5 Å². The van der Waals surface area contributed by atoms with E-state index in [2.05, 4.69) is 17.4 Å². The largest absolute Gasteiger partial charge is 0.489 e. The third-order valence-electron chi connectivity index (χ3n) is 4.84. The highest BCUT2D eigenvalue weighted by Crippen LogP contribution is 2.42. The summed E-state index contributed by atoms with van der Waals surface area (Å²) in [4.78, 5) is 0. The number of aryl methyl sites for hydroxylation is 1. The van der Waals surface area contributed by atoms with Crippen LogP contribution in [0.2, 0.25) is 10.0 Å². The van der Waals surface area contributed by atoms with Gasteiger partial charge in [0.05, 0.1) is 6.61 Å².